The molecule has 0 aliphatic heterocycles. The number of amides is 1. The third kappa shape index (κ3) is 2.52. The molecule has 6 atom stereocenters. The summed E-state index contributed by atoms with van der Waals surface area (Å²) in [5.74, 6) is -12.4. The summed E-state index contributed by atoms with van der Waals surface area (Å²) in [7, 11) is 0. The van der Waals surface area contributed by atoms with Crippen molar-refractivity contribution >= 4 is 34.7 Å². The van der Waals surface area contributed by atoms with Gasteiger partial charge in [-0.3, -0.25) is 34.1 Å². The zero-order valence-corrected chi connectivity index (χ0v) is 16.2. The highest BCUT2D eigenvalue weighted by atomic mass is 16.6. The molecule has 1 aromatic carbocycles. The van der Waals surface area contributed by atoms with E-state index < -0.39 is 92.6 Å². The molecule has 2 saturated carbocycles. The average Bonchev–Trinajstić information content (AvgIpc) is 2.67. The van der Waals surface area contributed by atoms with E-state index in [1.54, 1.807) is 6.92 Å². The molecule has 4 rings (SSSR count). The number of aliphatic hydroxyl groups is 1. The average molecular weight is 430 g/mol. The van der Waals surface area contributed by atoms with Crippen LogP contribution in [-0.4, -0.2) is 49.8 Å². The van der Waals surface area contributed by atoms with Gasteiger partial charge in [0.2, 0.25) is 11.7 Å². The van der Waals surface area contributed by atoms with Gasteiger partial charge in [0.05, 0.1) is 16.4 Å². The molecule has 0 saturated heterocycles. The van der Waals surface area contributed by atoms with E-state index in [-0.39, 0.29) is 6.42 Å². The Morgan fingerprint density at radius 2 is 1.87 bits per heavy atom. The van der Waals surface area contributed by atoms with Crippen molar-refractivity contribution in [3.63, 3.8) is 0 Å². The van der Waals surface area contributed by atoms with Crippen molar-refractivity contribution in [3.8, 4) is 5.75 Å². The first-order valence-corrected chi connectivity index (χ1v) is 9.60. The minimum atomic E-state index is -2.75. The zero-order valence-electron chi connectivity index (χ0n) is 16.2. The van der Waals surface area contributed by atoms with Gasteiger partial charge in [0, 0.05) is 18.4 Å². The minimum absolute atomic E-state index is 0.0417. The summed E-state index contributed by atoms with van der Waals surface area (Å²) in [6.07, 6.45) is -0.468. The summed E-state index contributed by atoms with van der Waals surface area (Å²) in [6, 6.07) is 2.39. The lowest BCUT2D eigenvalue weighted by Gasteiger charge is -2.50. The van der Waals surface area contributed by atoms with Crippen molar-refractivity contribution < 1.29 is 39.1 Å². The van der Waals surface area contributed by atoms with Gasteiger partial charge >= 0.3 is 5.69 Å². The third-order valence-electron chi connectivity index (χ3n) is 6.97. The lowest BCUT2D eigenvalue weighted by atomic mass is 9.52. The highest BCUT2D eigenvalue weighted by molar-refractivity contribution is 6.31. The lowest BCUT2D eigenvalue weighted by molar-refractivity contribution is -0.385. The highest BCUT2D eigenvalue weighted by Gasteiger charge is 2.66. The van der Waals surface area contributed by atoms with Gasteiger partial charge in [-0.2, -0.15) is 0 Å². The Hall–Kier alpha value is -3.47. The van der Waals surface area contributed by atoms with Crippen molar-refractivity contribution in [1.29, 1.82) is 0 Å². The fourth-order valence-electron chi connectivity index (χ4n) is 5.41. The van der Waals surface area contributed by atoms with Crippen LogP contribution in [0.5, 0.6) is 5.75 Å². The standard InChI is InChI=1S/C20H18N2O9/c1-6-8-2-3-10(22(30)31)15(24)12(8)16(25)13-9(6)4-7-5-11(23)14(19(21)28)18(27)20(7,29)17(13)26/h2-3,6-7,9,13-14,24,29H,4-5H2,1H3,(H2,21,28)/t6-,7-,9+,13?,14?,20-/m0/s1. The van der Waals surface area contributed by atoms with Crippen molar-refractivity contribution in [3.05, 3.63) is 33.4 Å². The maximum atomic E-state index is 13.3. The number of benzene rings is 1. The molecule has 0 heterocycles. The Morgan fingerprint density at radius 1 is 1.23 bits per heavy atom. The maximum absolute atomic E-state index is 13.3. The van der Waals surface area contributed by atoms with Crippen molar-refractivity contribution in [2.75, 3.05) is 0 Å². The smallest absolute Gasteiger partial charge is 0.311 e. The number of fused-ring (bicyclic) bond motifs is 3. The Bertz CT molecular complexity index is 1110. The first-order chi connectivity index (χ1) is 14.4. The number of nitro benzene ring substituents is 1. The van der Waals surface area contributed by atoms with Crippen molar-refractivity contribution in [2.24, 2.45) is 29.4 Å². The SMILES string of the molecule is C[C@H]1c2ccc([N+](=O)[O-])c(O)c2C(=O)C2C(=O)[C@]3(O)C(=O)C(C(N)=O)C(=O)C[C@@H]3C[C@@H]21. The van der Waals surface area contributed by atoms with Gasteiger partial charge in [0.1, 0.15) is 0 Å². The molecule has 2 unspecified atom stereocenters. The number of phenolic OH excluding ortho intramolecular Hbond substituents is 1. The molecule has 2 fully saturated rings. The molecule has 162 valence electrons. The van der Waals surface area contributed by atoms with Crippen LogP contribution < -0.4 is 5.73 Å². The zero-order chi connectivity index (χ0) is 23.0. The maximum Gasteiger partial charge on any atom is 0.311 e. The van der Waals surface area contributed by atoms with Crippen LogP contribution in [0.4, 0.5) is 5.69 Å². The fourth-order valence-corrected chi connectivity index (χ4v) is 5.41. The summed E-state index contributed by atoms with van der Waals surface area (Å²) < 4.78 is 0. The second-order valence-corrected chi connectivity index (χ2v) is 8.38. The Morgan fingerprint density at radius 3 is 2.45 bits per heavy atom. The summed E-state index contributed by atoms with van der Waals surface area (Å²) in [4.78, 5) is 73.5. The van der Waals surface area contributed by atoms with Crippen LogP contribution in [-0.2, 0) is 19.2 Å². The lowest BCUT2D eigenvalue weighted by Crippen LogP contribution is -2.68. The predicted molar refractivity (Wildman–Crippen MR) is 99.9 cm³/mol. The van der Waals surface area contributed by atoms with E-state index in [2.05, 4.69) is 0 Å². The number of nitro groups is 1. The summed E-state index contributed by atoms with van der Waals surface area (Å²) in [5.41, 5.74) is 1.55. The van der Waals surface area contributed by atoms with Gasteiger partial charge in [-0.15, -0.1) is 0 Å². The molecule has 0 spiro atoms. The van der Waals surface area contributed by atoms with Crippen molar-refractivity contribution in [2.45, 2.75) is 31.3 Å². The van der Waals surface area contributed by atoms with Crippen LogP contribution in [0.2, 0.25) is 0 Å². The van der Waals surface area contributed by atoms with Crippen LogP contribution in [0.1, 0.15) is 41.6 Å². The molecule has 11 heteroatoms. The number of Topliss-reactive ketones (excluding diaryl/α,β-unsaturated/α-hetero) is 4. The Balaban J connectivity index is 1.86. The molecule has 3 aliphatic rings. The molecule has 0 radical (unpaired) electrons. The topological polar surface area (TPSA) is 195 Å². The number of nitrogens with two attached hydrogens (primary N) is 1. The number of phenols is 1. The molecule has 0 bridgehead atoms. The molecular formula is C20H18N2O9. The van der Waals surface area contributed by atoms with E-state index in [0.29, 0.717) is 5.56 Å². The predicted octanol–water partition coefficient (Wildman–Crippen LogP) is -0.204. The summed E-state index contributed by atoms with van der Waals surface area (Å²) in [6.45, 7) is 1.66. The van der Waals surface area contributed by atoms with E-state index in [1.165, 1.54) is 6.07 Å². The highest BCUT2D eigenvalue weighted by Crippen LogP contribution is 2.54. The molecule has 11 nitrogen and oxygen atoms in total. The van der Waals surface area contributed by atoms with Gasteiger partial charge in [0.25, 0.3) is 0 Å². The monoisotopic (exact) mass is 430 g/mol. The number of rotatable bonds is 2. The second kappa shape index (κ2) is 6.51. The number of hydrogen-bond donors (Lipinski definition) is 3. The largest absolute Gasteiger partial charge is 0.502 e. The number of carbonyl (C=O) groups is 5. The first-order valence-electron chi connectivity index (χ1n) is 9.60. The van der Waals surface area contributed by atoms with Gasteiger partial charge in [-0.1, -0.05) is 13.0 Å². The first kappa shape index (κ1) is 20.8. The number of carbonyl (C=O) groups excluding carboxylic acids is 5. The quantitative estimate of drug-likeness (QED) is 0.323. The molecule has 3 aliphatic carbocycles. The minimum Gasteiger partial charge on any atom is -0.502 e. The van der Waals surface area contributed by atoms with Crippen LogP contribution >= 0.6 is 0 Å². The Kier molecular flexibility index (Phi) is 4.37. The molecule has 31 heavy (non-hydrogen) atoms. The summed E-state index contributed by atoms with van der Waals surface area (Å²) >= 11 is 0. The van der Waals surface area contributed by atoms with Gasteiger partial charge in [-0.05, 0) is 23.8 Å². The van der Waals surface area contributed by atoms with E-state index in [4.69, 9.17) is 5.73 Å². The number of ketones is 4. The molecule has 4 N–H and O–H groups in total. The third-order valence-corrected chi connectivity index (χ3v) is 6.97. The molecular weight excluding hydrogens is 412 g/mol. The molecule has 1 aromatic rings. The van der Waals surface area contributed by atoms with Crippen LogP contribution in [0.25, 0.3) is 0 Å². The van der Waals surface area contributed by atoms with Crippen LogP contribution in [0.3, 0.4) is 0 Å². The molecule has 0 aromatic heterocycles. The number of nitrogens with zero attached hydrogens (tertiary/aromatic N) is 1. The van der Waals surface area contributed by atoms with E-state index in [9.17, 15) is 44.3 Å². The Labute approximate surface area is 174 Å². The number of primary amides is 1. The normalized spacial score (nSPS) is 34.6. The number of hydrogen-bond acceptors (Lipinski definition) is 9. The van der Waals surface area contributed by atoms with Crippen molar-refractivity contribution in [1.82, 2.24) is 0 Å². The van der Waals surface area contributed by atoms with Gasteiger partial charge < -0.3 is 15.9 Å². The summed E-state index contributed by atoms with van der Waals surface area (Å²) in [5, 5.41) is 32.6. The van der Waals surface area contributed by atoms with Gasteiger partial charge in [-0.25, -0.2) is 0 Å². The number of aromatic hydroxyl groups is 1. The van der Waals surface area contributed by atoms with Gasteiger partial charge in [0.15, 0.2) is 34.7 Å². The fraction of sp³-hybridized carbons (Fsp3) is 0.450. The van der Waals surface area contributed by atoms with Crippen LogP contribution in [0.15, 0.2) is 12.1 Å². The van der Waals surface area contributed by atoms with E-state index in [0.717, 1.165) is 6.07 Å². The van der Waals surface area contributed by atoms with E-state index >= 15 is 0 Å². The van der Waals surface area contributed by atoms with Crippen LogP contribution in [0, 0.1) is 33.8 Å². The molecule has 1 amide bonds. The second-order valence-electron chi connectivity index (χ2n) is 8.38. The van der Waals surface area contributed by atoms with E-state index in [1.807, 2.05) is 0 Å².